The lowest BCUT2D eigenvalue weighted by Gasteiger charge is -2.54. The van der Waals surface area contributed by atoms with Crippen LogP contribution < -0.4 is 5.73 Å². The third-order valence-corrected chi connectivity index (χ3v) is 6.06. The number of aromatic nitrogens is 2. The fourth-order valence-corrected chi connectivity index (χ4v) is 5.54. The lowest BCUT2D eigenvalue weighted by Crippen LogP contribution is -2.45. The van der Waals surface area contributed by atoms with Crippen LogP contribution in [0, 0.1) is 29.6 Å². The summed E-state index contributed by atoms with van der Waals surface area (Å²) in [5.41, 5.74) is 6.86. The van der Waals surface area contributed by atoms with E-state index in [0.717, 1.165) is 36.0 Å². The van der Waals surface area contributed by atoms with E-state index in [9.17, 15) is 0 Å². The molecule has 1 aromatic rings. The molecule has 3 N–H and O–H groups in total. The van der Waals surface area contributed by atoms with Gasteiger partial charge in [0.05, 0.1) is 0 Å². The molecule has 0 saturated heterocycles. The Hall–Kier alpha value is -0.990. The number of nitrogens with one attached hydrogen (secondary N) is 1. The lowest BCUT2D eigenvalue weighted by atomic mass is 9.51. The molecule has 0 atom stereocenters. The Morgan fingerprint density at radius 1 is 1.11 bits per heavy atom. The van der Waals surface area contributed by atoms with E-state index in [1.807, 2.05) is 6.07 Å². The van der Waals surface area contributed by atoms with Gasteiger partial charge < -0.3 is 5.73 Å². The molecule has 0 radical (unpaired) electrons. The van der Waals surface area contributed by atoms with Crippen LogP contribution in [0.5, 0.6) is 0 Å². The highest BCUT2D eigenvalue weighted by Gasteiger charge is 2.47. The highest BCUT2D eigenvalue weighted by molar-refractivity contribution is 5.28. The highest BCUT2D eigenvalue weighted by Crippen LogP contribution is 2.57. The minimum absolute atomic E-state index is 0.629. The van der Waals surface area contributed by atoms with E-state index in [1.165, 1.54) is 18.5 Å². The van der Waals surface area contributed by atoms with E-state index in [1.54, 1.807) is 32.1 Å². The summed E-state index contributed by atoms with van der Waals surface area (Å²) in [4.78, 5) is 0. The van der Waals surface area contributed by atoms with Crippen LogP contribution in [0.25, 0.3) is 0 Å². The molecule has 3 heteroatoms. The van der Waals surface area contributed by atoms with Crippen molar-refractivity contribution in [3.8, 4) is 0 Å². The summed E-state index contributed by atoms with van der Waals surface area (Å²) in [5, 5.41) is 7.04. The van der Waals surface area contributed by atoms with Gasteiger partial charge in [-0.25, -0.2) is 0 Å². The second-order valence-electron chi connectivity index (χ2n) is 7.30. The number of H-pyrrole nitrogens is 1. The van der Waals surface area contributed by atoms with Gasteiger partial charge in [0.1, 0.15) is 5.82 Å². The summed E-state index contributed by atoms with van der Waals surface area (Å²) in [5.74, 6) is 6.01. The van der Waals surface area contributed by atoms with Crippen LogP contribution in [-0.2, 0) is 6.42 Å². The smallest absolute Gasteiger partial charge is 0.145 e. The van der Waals surface area contributed by atoms with Gasteiger partial charge >= 0.3 is 0 Å². The molecule has 0 spiro atoms. The van der Waals surface area contributed by atoms with Gasteiger partial charge in [-0.15, -0.1) is 0 Å². The standard InChI is InChI=1S/C16H25N3/c17-16-9-14(18-19-16)2-1-3-15-12-5-10-4-11(7-12)8-13(15)6-10/h9-13,15H,1-8H2,(H3,17,18,19). The molecule has 3 nitrogen and oxygen atoms in total. The molecule has 0 aromatic carbocycles. The molecule has 5 rings (SSSR count). The number of aromatic amines is 1. The maximum atomic E-state index is 5.65. The Morgan fingerprint density at radius 3 is 2.37 bits per heavy atom. The highest BCUT2D eigenvalue weighted by atomic mass is 15.1. The minimum Gasteiger partial charge on any atom is -0.382 e. The second kappa shape index (κ2) is 4.53. The summed E-state index contributed by atoms with van der Waals surface area (Å²) >= 11 is 0. The molecule has 0 unspecified atom stereocenters. The summed E-state index contributed by atoms with van der Waals surface area (Å²) in [6, 6.07) is 1.98. The van der Waals surface area contributed by atoms with E-state index in [-0.39, 0.29) is 0 Å². The first-order valence-corrected chi connectivity index (χ1v) is 8.07. The van der Waals surface area contributed by atoms with Crippen molar-refractivity contribution < 1.29 is 0 Å². The monoisotopic (exact) mass is 259 g/mol. The molecule has 4 fully saturated rings. The molecular formula is C16H25N3. The first-order valence-electron chi connectivity index (χ1n) is 8.07. The molecule has 1 aromatic heterocycles. The number of aryl methyl sites for hydroxylation is 1. The van der Waals surface area contributed by atoms with Crippen molar-refractivity contribution in [1.29, 1.82) is 0 Å². The van der Waals surface area contributed by atoms with Crippen molar-refractivity contribution in [1.82, 2.24) is 10.2 Å². The third-order valence-electron chi connectivity index (χ3n) is 6.06. The Morgan fingerprint density at radius 2 is 1.79 bits per heavy atom. The van der Waals surface area contributed by atoms with Crippen molar-refractivity contribution in [2.45, 2.75) is 51.4 Å². The summed E-state index contributed by atoms with van der Waals surface area (Å²) in [7, 11) is 0. The van der Waals surface area contributed by atoms with Gasteiger partial charge in [0.15, 0.2) is 0 Å². The first-order chi connectivity index (χ1) is 9.28. The number of rotatable bonds is 4. The minimum atomic E-state index is 0.629. The van der Waals surface area contributed by atoms with E-state index >= 15 is 0 Å². The number of nitrogen functional groups attached to an aromatic ring is 1. The van der Waals surface area contributed by atoms with Gasteiger partial charge in [0.25, 0.3) is 0 Å². The zero-order chi connectivity index (χ0) is 12.8. The van der Waals surface area contributed by atoms with Crippen molar-refractivity contribution in [3.05, 3.63) is 11.8 Å². The normalized spacial score (nSPS) is 39.9. The Bertz CT molecular complexity index is 423. The predicted octanol–water partition coefficient (Wildman–Crippen LogP) is 3.39. The lowest BCUT2D eigenvalue weighted by molar-refractivity contribution is -0.0402. The van der Waals surface area contributed by atoms with E-state index < -0.39 is 0 Å². The van der Waals surface area contributed by atoms with E-state index in [0.29, 0.717) is 5.82 Å². The molecule has 104 valence electrons. The van der Waals surface area contributed by atoms with Crippen molar-refractivity contribution in [2.75, 3.05) is 5.73 Å². The number of nitrogens with two attached hydrogens (primary N) is 1. The molecule has 4 bridgehead atoms. The van der Waals surface area contributed by atoms with Crippen LogP contribution in [0.3, 0.4) is 0 Å². The number of nitrogens with zero attached hydrogens (tertiary/aromatic N) is 1. The van der Waals surface area contributed by atoms with Crippen molar-refractivity contribution in [2.24, 2.45) is 29.6 Å². The fourth-order valence-electron chi connectivity index (χ4n) is 5.54. The maximum Gasteiger partial charge on any atom is 0.145 e. The van der Waals surface area contributed by atoms with Gasteiger partial charge in [-0.2, -0.15) is 5.10 Å². The summed E-state index contributed by atoms with van der Waals surface area (Å²) in [6.07, 6.45) is 11.6. The zero-order valence-corrected chi connectivity index (χ0v) is 11.6. The average Bonchev–Trinajstić information content (AvgIpc) is 2.78. The van der Waals surface area contributed by atoms with Crippen LogP contribution in [0.2, 0.25) is 0 Å². The van der Waals surface area contributed by atoms with Gasteiger partial charge in [-0.3, -0.25) is 5.10 Å². The van der Waals surface area contributed by atoms with Crippen molar-refractivity contribution in [3.63, 3.8) is 0 Å². The number of hydrogen-bond acceptors (Lipinski definition) is 2. The van der Waals surface area contributed by atoms with Crippen LogP contribution in [0.1, 0.15) is 50.6 Å². The quantitative estimate of drug-likeness (QED) is 0.871. The Kier molecular flexibility index (Phi) is 2.82. The predicted molar refractivity (Wildman–Crippen MR) is 76.5 cm³/mol. The molecule has 19 heavy (non-hydrogen) atoms. The summed E-state index contributed by atoms with van der Waals surface area (Å²) in [6.45, 7) is 0. The van der Waals surface area contributed by atoms with Gasteiger partial charge in [0.2, 0.25) is 0 Å². The van der Waals surface area contributed by atoms with Crippen LogP contribution in [-0.4, -0.2) is 10.2 Å². The van der Waals surface area contributed by atoms with Gasteiger partial charge in [0, 0.05) is 11.8 Å². The largest absolute Gasteiger partial charge is 0.382 e. The molecule has 4 aliphatic carbocycles. The molecule has 0 aliphatic heterocycles. The maximum absolute atomic E-state index is 5.65. The second-order valence-corrected chi connectivity index (χ2v) is 7.30. The molecule has 4 aliphatic rings. The van der Waals surface area contributed by atoms with E-state index in [4.69, 9.17) is 5.73 Å². The average molecular weight is 259 g/mol. The number of anilines is 1. The number of hydrogen-bond donors (Lipinski definition) is 2. The Balaban J connectivity index is 1.33. The van der Waals surface area contributed by atoms with Crippen molar-refractivity contribution >= 4 is 5.82 Å². The van der Waals surface area contributed by atoms with Crippen LogP contribution >= 0.6 is 0 Å². The Labute approximate surface area is 115 Å². The third kappa shape index (κ3) is 2.17. The first kappa shape index (κ1) is 11.8. The molecule has 0 amide bonds. The fraction of sp³-hybridized carbons (Fsp3) is 0.812. The molecule has 4 saturated carbocycles. The van der Waals surface area contributed by atoms with Gasteiger partial charge in [-0.1, -0.05) is 0 Å². The molecular weight excluding hydrogens is 234 g/mol. The zero-order valence-electron chi connectivity index (χ0n) is 11.6. The van der Waals surface area contributed by atoms with Crippen LogP contribution in [0.4, 0.5) is 5.82 Å². The SMILES string of the molecule is Nc1cc(CCCC2C3CC4CC(C3)CC2C4)[nH]n1. The molecule has 1 heterocycles. The topological polar surface area (TPSA) is 54.7 Å². The van der Waals surface area contributed by atoms with E-state index in [2.05, 4.69) is 10.2 Å². The van der Waals surface area contributed by atoms with Crippen LogP contribution in [0.15, 0.2) is 6.07 Å². The van der Waals surface area contributed by atoms with Gasteiger partial charge in [-0.05, 0) is 81.0 Å². The summed E-state index contributed by atoms with van der Waals surface area (Å²) < 4.78 is 0.